The third kappa shape index (κ3) is 2.41. The van der Waals surface area contributed by atoms with Gasteiger partial charge in [-0.25, -0.2) is 9.97 Å². The van der Waals surface area contributed by atoms with Crippen LogP contribution in [0.3, 0.4) is 0 Å². The molecule has 0 unspecified atom stereocenters. The van der Waals surface area contributed by atoms with Crippen molar-refractivity contribution in [3.8, 4) is 6.07 Å². The Bertz CT molecular complexity index is 527. The predicted molar refractivity (Wildman–Crippen MR) is 61.7 cm³/mol. The van der Waals surface area contributed by atoms with Crippen molar-refractivity contribution < 1.29 is 0 Å². The van der Waals surface area contributed by atoms with E-state index in [1.807, 2.05) is 17.8 Å². The number of thioether (sulfide) groups is 1. The molecular weight excluding hydrogens is 220 g/mol. The molecule has 0 aliphatic rings. The number of hydrogen-bond acceptors (Lipinski definition) is 4. The van der Waals surface area contributed by atoms with Gasteiger partial charge in [0.1, 0.15) is 5.82 Å². The molecule has 2 heterocycles. The van der Waals surface area contributed by atoms with Crippen LogP contribution in [0.15, 0.2) is 35.7 Å². The molecule has 0 saturated carbocycles. The van der Waals surface area contributed by atoms with Crippen LogP contribution in [-0.2, 0) is 12.8 Å². The number of aromatic nitrogens is 3. The highest BCUT2D eigenvalue weighted by atomic mass is 32.2. The van der Waals surface area contributed by atoms with Crippen LogP contribution in [0.4, 0.5) is 0 Å². The van der Waals surface area contributed by atoms with Crippen molar-refractivity contribution in [3.63, 3.8) is 0 Å². The highest BCUT2D eigenvalue weighted by Crippen LogP contribution is 2.20. The second-order valence-electron chi connectivity index (χ2n) is 3.24. The fourth-order valence-corrected chi connectivity index (χ4v) is 2.13. The van der Waals surface area contributed by atoms with Crippen molar-refractivity contribution in [2.24, 2.45) is 7.05 Å². The molecule has 2 aromatic rings. The van der Waals surface area contributed by atoms with Gasteiger partial charge in [-0.05, 0) is 12.1 Å². The number of rotatable bonds is 3. The Hall–Kier alpha value is -1.80. The molecule has 0 aliphatic carbocycles. The third-order valence-electron chi connectivity index (χ3n) is 2.13. The number of nitrogens with zero attached hydrogens (tertiary/aromatic N) is 4. The van der Waals surface area contributed by atoms with Crippen LogP contribution in [0, 0.1) is 11.3 Å². The first-order valence-electron chi connectivity index (χ1n) is 4.75. The average molecular weight is 230 g/mol. The normalized spacial score (nSPS) is 10.0. The Morgan fingerprint density at radius 2 is 2.31 bits per heavy atom. The monoisotopic (exact) mass is 230 g/mol. The lowest BCUT2D eigenvalue weighted by atomic mass is 10.3. The smallest absolute Gasteiger partial charge is 0.118 e. The van der Waals surface area contributed by atoms with Crippen LogP contribution in [-0.4, -0.2) is 14.5 Å². The Labute approximate surface area is 98.0 Å². The number of pyridine rings is 1. The largest absolute Gasteiger partial charge is 0.337 e. The van der Waals surface area contributed by atoms with Gasteiger partial charge in [0, 0.05) is 25.6 Å². The first-order chi connectivity index (χ1) is 7.79. The predicted octanol–water partition coefficient (Wildman–Crippen LogP) is 1.98. The van der Waals surface area contributed by atoms with E-state index in [9.17, 15) is 0 Å². The van der Waals surface area contributed by atoms with Gasteiger partial charge in [-0.2, -0.15) is 5.26 Å². The lowest BCUT2D eigenvalue weighted by Gasteiger charge is -2.01. The molecule has 2 aromatic heterocycles. The zero-order valence-corrected chi connectivity index (χ0v) is 9.61. The Kier molecular flexibility index (Phi) is 3.22. The van der Waals surface area contributed by atoms with E-state index in [1.165, 1.54) is 0 Å². The maximum Gasteiger partial charge on any atom is 0.118 e. The zero-order valence-electron chi connectivity index (χ0n) is 8.79. The summed E-state index contributed by atoms with van der Waals surface area (Å²) >= 11 is 1.58. The van der Waals surface area contributed by atoms with Crippen molar-refractivity contribution in [1.29, 1.82) is 5.26 Å². The molecule has 0 radical (unpaired) electrons. The van der Waals surface area contributed by atoms with E-state index in [2.05, 4.69) is 16.0 Å². The lowest BCUT2D eigenvalue weighted by molar-refractivity contribution is 0.848. The van der Waals surface area contributed by atoms with Crippen molar-refractivity contribution in [3.05, 3.63) is 42.1 Å². The summed E-state index contributed by atoms with van der Waals surface area (Å²) in [5.41, 5.74) is 0.636. The van der Waals surface area contributed by atoms with Gasteiger partial charge in [-0.3, -0.25) is 0 Å². The number of imidazole rings is 1. The topological polar surface area (TPSA) is 54.5 Å². The molecule has 4 nitrogen and oxygen atoms in total. The van der Waals surface area contributed by atoms with Gasteiger partial charge in [-0.1, -0.05) is 11.8 Å². The van der Waals surface area contributed by atoms with Gasteiger partial charge in [0.25, 0.3) is 0 Å². The van der Waals surface area contributed by atoms with E-state index in [4.69, 9.17) is 5.26 Å². The van der Waals surface area contributed by atoms with Gasteiger partial charge in [0.05, 0.1) is 22.4 Å². The summed E-state index contributed by atoms with van der Waals surface area (Å²) in [4.78, 5) is 8.41. The summed E-state index contributed by atoms with van der Waals surface area (Å²) in [7, 11) is 1.96. The lowest BCUT2D eigenvalue weighted by Crippen LogP contribution is -1.94. The van der Waals surface area contributed by atoms with Gasteiger partial charge in [0.2, 0.25) is 0 Å². The van der Waals surface area contributed by atoms with E-state index in [1.54, 1.807) is 36.3 Å². The molecule has 0 aromatic carbocycles. The molecule has 0 amide bonds. The molecule has 0 bridgehead atoms. The van der Waals surface area contributed by atoms with Gasteiger partial charge in [0.15, 0.2) is 0 Å². The van der Waals surface area contributed by atoms with Crippen molar-refractivity contribution in [2.45, 2.75) is 10.8 Å². The molecule has 0 atom stereocenters. The first-order valence-corrected chi connectivity index (χ1v) is 5.73. The van der Waals surface area contributed by atoms with Crippen LogP contribution in [0.1, 0.15) is 11.4 Å². The zero-order chi connectivity index (χ0) is 11.4. The molecule has 80 valence electrons. The second-order valence-corrected chi connectivity index (χ2v) is 4.23. The molecule has 0 N–H and O–H groups in total. The molecule has 0 aliphatic heterocycles. The summed E-state index contributed by atoms with van der Waals surface area (Å²) in [6, 6.07) is 5.58. The van der Waals surface area contributed by atoms with E-state index < -0.39 is 0 Å². The molecule has 5 heteroatoms. The molecule has 0 spiro atoms. The van der Waals surface area contributed by atoms with Gasteiger partial charge in [-0.15, -0.1) is 0 Å². The number of hydrogen-bond donors (Lipinski definition) is 0. The van der Waals surface area contributed by atoms with Crippen LogP contribution in [0.2, 0.25) is 0 Å². The molecule has 0 fully saturated rings. The van der Waals surface area contributed by atoms with Crippen LogP contribution >= 0.6 is 11.8 Å². The van der Waals surface area contributed by atoms with Crippen molar-refractivity contribution >= 4 is 11.8 Å². The summed E-state index contributed by atoms with van der Waals surface area (Å²) in [5.74, 6) is 1.75. The van der Waals surface area contributed by atoms with Gasteiger partial charge < -0.3 is 4.57 Å². The van der Waals surface area contributed by atoms with E-state index in [0.29, 0.717) is 5.56 Å². The molecular formula is C11H10N4S. The molecule has 0 saturated heterocycles. The van der Waals surface area contributed by atoms with Crippen LogP contribution < -0.4 is 0 Å². The summed E-state index contributed by atoms with van der Waals surface area (Å²) in [5, 5.41) is 9.60. The third-order valence-corrected chi connectivity index (χ3v) is 3.06. The van der Waals surface area contributed by atoms with Crippen LogP contribution in [0.25, 0.3) is 0 Å². The highest BCUT2D eigenvalue weighted by Gasteiger charge is 2.02. The fourth-order valence-electron chi connectivity index (χ4n) is 1.23. The SMILES string of the molecule is Cn1ccnc1CSc1cc(C#N)ccn1. The summed E-state index contributed by atoms with van der Waals surface area (Å²) in [6.07, 6.45) is 5.34. The number of aryl methyl sites for hydroxylation is 1. The minimum atomic E-state index is 0.636. The van der Waals surface area contributed by atoms with Crippen molar-refractivity contribution in [2.75, 3.05) is 0 Å². The molecule has 16 heavy (non-hydrogen) atoms. The summed E-state index contributed by atoms with van der Waals surface area (Å²) < 4.78 is 1.97. The van der Waals surface area contributed by atoms with Gasteiger partial charge >= 0.3 is 0 Å². The Morgan fingerprint density at radius 1 is 1.44 bits per heavy atom. The van der Waals surface area contributed by atoms with Crippen molar-refractivity contribution in [1.82, 2.24) is 14.5 Å². The van der Waals surface area contributed by atoms with Crippen LogP contribution in [0.5, 0.6) is 0 Å². The molecule has 2 rings (SSSR count). The highest BCUT2D eigenvalue weighted by molar-refractivity contribution is 7.98. The maximum atomic E-state index is 8.75. The van der Waals surface area contributed by atoms with E-state index >= 15 is 0 Å². The first kappa shape index (κ1) is 10.7. The maximum absolute atomic E-state index is 8.75. The minimum Gasteiger partial charge on any atom is -0.337 e. The Balaban J connectivity index is 2.05. The number of nitriles is 1. The fraction of sp³-hybridized carbons (Fsp3) is 0.182. The standard InChI is InChI=1S/C11H10N4S/c1-15-5-4-13-10(15)8-16-11-6-9(7-12)2-3-14-11/h2-6H,8H2,1H3. The van der Waals surface area contributed by atoms with E-state index in [-0.39, 0.29) is 0 Å². The minimum absolute atomic E-state index is 0.636. The quantitative estimate of drug-likeness (QED) is 0.756. The average Bonchev–Trinajstić information content (AvgIpc) is 2.72. The Morgan fingerprint density at radius 3 is 3.00 bits per heavy atom. The van der Waals surface area contributed by atoms with E-state index in [0.717, 1.165) is 16.6 Å². The summed E-state index contributed by atoms with van der Waals surface area (Å²) in [6.45, 7) is 0. The second kappa shape index (κ2) is 4.81.